The van der Waals surface area contributed by atoms with E-state index in [1.807, 2.05) is 0 Å². The summed E-state index contributed by atoms with van der Waals surface area (Å²) in [7, 11) is -1.34. The van der Waals surface area contributed by atoms with Crippen LogP contribution in [-0.4, -0.2) is 19.7 Å². The van der Waals surface area contributed by atoms with Crippen LogP contribution in [0.4, 0.5) is 13.2 Å². The van der Waals surface area contributed by atoms with Crippen molar-refractivity contribution in [1.82, 2.24) is 9.78 Å². The summed E-state index contributed by atoms with van der Waals surface area (Å²) in [6.45, 7) is 1.73. The average molecular weight is 302 g/mol. The maximum atomic E-state index is 13.3. The van der Waals surface area contributed by atoms with Crippen molar-refractivity contribution < 1.29 is 17.4 Å². The summed E-state index contributed by atoms with van der Waals surface area (Å²) >= 11 is 0. The van der Waals surface area contributed by atoms with Crippen LogP contribution in [0.1, 0.15) is 29.8 Å². The Hall–Kier alpha value is -1.63. The van der Waals surface area contributed by atoms with Gasteiger partial charge in [0, 0.05) is 18.1 Å². The Labute approximate surface area is 116 Å². The van der Waals surface area contributed by atoms with Gasteiger partial charge in [0.15, 0.2) is 5.37 Å². The highest BCUT2D eigenvalue weighted by Gasteiger charge is 2.23. The molecule has 1 heterocycles. The summed E-state index contributed by atoms with van der Waals surface area (Å²) < 4.78 is 52.4. The third-order valence-corrected chi connectivity index (χ3v) is 4.39. The van der Waals surface area contributed by atoms with Gasteiger partial charge in [-0.2, -0.15) is 5.10 Å². The van der Waals surface area contributed by atoms with E-state index in [1.165, 1.54) is 16.9 Å². The molecule has 1 aromatic heterocycles. The van der Waals surface area contributed by atoms with E-state index in [1.54, 1.807) is 19.2 Å². The standard InChI is InChI=1S/C13H13F3N2OS/c1-2-20(19)13(18-7-3-6-17-18)9-4-5-11(14)10(8-9)12(15)16/h3-8,12-13H,2H2,1H3/t13-,20?/m1/s1. The van der Waals surface area contributed by atoms with E-state index in [0.29, 0.717) is 11.3 Å². The van der Waals surface area contributed by atoms with Gasteiger partial charge in [-0.15, -0.1) is 0 Å². The number of hydrogen-bond donors (Lipinski definition) is 0. The molecule has 0 radical (unpaired) electrons. The van der Waals surface area contributed by atoms with Crippen molar-refractivity contribution in [3.63, 3.8) is 0 Å². The summed E-state index contributed by atoms with van der Waals surface area (Å²) in [4.78, 5) is 0. The predicted octanol–water partition coefficient (Wildman–Crippen LogP) is 3.28. The van der Waals surface area contributed by atoms with Gasteiger partial charge in [0.05, 0.1) is 16.4 Å². The van der Waals surface area contributed by atoms with Crippen molar-refractivity contribution in [2.75, 3.05) is 5.75 Å². The number of benzene rings is 1. The molecular weight excluding hydrogens is 289 g/mol. The number of nitrogens with zero attached hydrogens (tertiary/aromatic N) is 2. The van der Waals surface area contributed by atoms with Crippen molar-refractivity contribution in [2.45, 2.75) is 18.7 Å². The van der Waals surface area contributed by atoms with Gasteiger partial charge in [-0.05, 0) is 23.8 Å². The second kappa shape index (κ2) is 6.21. The zero-order valence-corrected chi connectivity index (χ0v) is 11.5. The van der Waals surface area contributed by atoms with Gasteiger partial charge >= 0.3 is 0 Å². The maximum Gasteiger partial charge on any atom is 0.266 e. The van der Waals surface area contributed by atoms with Gasteiger partial charge < -0.3 is 0 Å². The van der Waals surface area contributed by atoms with Crippen LogP contribution in [0, 0.1) is 5.82 Å². The molecular formula is C13H13F3N2OS. The molecule has 0 saturated carbocycles. The van der Waals surface area contributed by atoms with E-state index >= 15 is 0 Å². The lowest BCUT2D eigenvalue weighted by molar-refractivity contribution is 0.146. The highest BCUT2D eigenvalue weighted by atomic mass is 32.2. The highest BCUT2D eigenvalue weighted by Crippen LogP contribution is 2.28. The van der Waals surface area contributed by atoms with E-state index in [0.717, 1.165) is 12.1 Å². The summed E-state index contributed by atoms with van der Waals surface area (Å²) in [6.07, 6.45) is 0.199. The smallest absolute Gasteiger partial charge is 0.257 e. The molecule has 108 valence electrons. The third-order valence-electron chi connectivity index (χ3n) is 2.84. The van der Waals surface area contributed by atoms with Crippen LogP contribution in [-0.2, 0) is 10.8 Å². The van der Waals surface area contributed by atoms with Crippen molar-refractivity contribution in [2.24, 2.45) is 0 Å². The minimum absolute atomic E-state index is 0.339. The fourth-order valence-electron chi connectivity index (χ4n) is 1.89. The van der Waals surface area contributed by atoms with Gasteiger partial charge in [0.2, 0.25) is 0 Å². The van der Waals surface area contributed by atoms with Gasteiger partial charge in [0.25, 0.3) is 6.43 Å². The van der Waals surface area contributed by atoms with Crippen LogP contribution in [0.2, 0.25) is 0 Å². The van der Waals surface area contributed by atoms with E-state index in [9.17, 15) is 17.4 Å². The van der Waals surface area contributed by atoms with Crippen molar-refractivity contribution >= 4 is 10.8 Å². The molecule has 1 aromatic carbocycles. The molecule has 0 N–H and O–H groups in total. The molecule has 7 heteroatoms. The molecule has 1 unspecified atom stereocenters. The Morgan fingerprint density at radius 1 is 1.40 bits per heavy atom. The quantitative estimate of drug-likeness (QED) is 0.849. The lowest BCUT2D eigenvalue weighted by Gasteiger charge is -2.18. The van der Waals surface area contributed by atoms with Crippen LogP contribution in [0.3, 0.4) is 0 Å². The fourth-order valence-corrected chi connectivity index (χ4v) is 3.02. The van der Waals surface area contributed by atoms with Crippen molar-refractivity contribution in [3.05, 3.63) is 53.6 Å². The van der Waals surface area contributed by atoms with E-state index in [2.05, 4.69) is 5.10 Å². The molecule has 20 heavy (non-hydrogen) atoms. The van der Waals surface area contributed by atoms with E-state index in [4.69, 9.17) is 0 Å². The number of halogens is 3. The fraction of sp³-hybridized carbons (Fsp3) is 0.308. The van der Waals surface area contributed by atoms with Gasteiger partial charge in [-0.1, -0.05) is 13.0 Å². The zero-order chi connectivity index (χ0) is 14.7. The summed E-state index contributed by atoms with van der Waals surface area (Å²) in [6, 6.07) is 5.04. The Morgan fingerprint density at radius 2 is 2.15 bits per heavy atom. The number of aromatic nitrogens is 2. The normalized spacial score (nSPS) is 14.4. The molecule has 0 fully saturated rings. The van der Waals surface area contributed by atoms with Crippen molar-refractivity contribution in [1.29, 1.82) is 0 Å². The molecule has 0 aliphatic carbocycles. The highest BCUT2D eigenvalue weighted by molar-refractivity contribution is 7.85. The Morgan fingerprint density at radius 3 is 2.70 bits per heavy atom. The first-order valence-electron chi connectivity index (χ1n) is 5.98. The van der Waals surface area contributed by atoms with Gasteiger partial charge in [0.1, 0.15) is 5.82 Å². The topological polar surface area (TPSA) is 34.9 Å². The second-order valence-corrected chi connectivity index (χ2v) is 5.87. The molecule has 2 aromatic rings. The average Bonchev–Trinajstić information content (AvgIpc) is 2.94. The van der Waals surface area contributed by atoms with E-state index < -0.39 is 34.0 Å². The van der Waals surface area contributed by atoms with Crippen LogP contribution in [0.15, 0.2) is 36.7 Å². The second-order valence-electron chi connectivity index (χ2n) is 4.09. The van der Waals surface area contributed by atoms with Gasteiger partial charge in [-0.25, -0.2) is 13.2 Å². The Kier molecular flexibility index (Phi) is 4.59. The number of alkyl halides is 2. The van der Waals surface area contributed by atoms with Crippen molar-refractivity contribution in [3.8, 4) is 0 Å². The first-order chi connectivity index (χ1) is 9.54. The first-order valence-corrected chi connectivity index (χ1v) is 7.36. The molecule has 0 saturated heterocycles. The maximum absolute atomic E-state index is 13.3. The largest absolute Gasteiger partial charge is 0.266 e. The molecule has 3 nitrogen and oxygen atoms in total. The molecule has 0 aliphatic heterocycles. The minimum Gasteiger partial charge on any atom is -0.257 e. The molecule has 0 aliphatic rings. The molecule has 0 spiro atoms. The monoisotopic (exact) mass is 302 g/mol. The SMILES string of the molecule is CCS(=O)[C@H](c1ccc(F)c(C(F)F)c1)n1cccn1. The Balaban J connectivity index is 2.50. The van der Waals surface area contributed by atoms with Crippen LogP contribution < -0.4 is 0 Å². The summed E-state index contributed by atoms with van der Waals surface area (Å²) in [5.74, 6) is -0.628. The predicted molar refractivity (Wildman–Crippen MR) is 70.4 cm³/mol. The molecule has 0 bridgehead atoms. The molecule has 2 rings (SSSR count). The number of hydrogen-bond acceptors (Lipinski definition) is 2. The van der Waals surface area contributed by atoms with Crippen LogP contribution in [0.25, 0.3) is 0 Å². The first kappa shape index (κ1) is 14.8. The Bertz CT molecular complexity index is 602. The van der Waals surface area contributed by atoms with Gasteiger partial charge in [-0.3, -0.25) is 8.89 Å². The third kappa shape index (κ3) is 2.92. The minimum atomic E-state index is -2.91. The lowest BCUT2D eigenvalue weighted by atomic mass is 10.1. The summed E-state index contributed by atoms with van der Waals surface area (Å²) in [5.41, 5.74) is -0.335. The molecule has 2 atom stereocenters. The zero-order valence-electron chi connectivity index (χ0n) is 10.7. The van der Waals surface area contributed by atoms with Crippen LogP contribution in [0.5, 0.6) is 0 Å². The lowest BCUT2D eigenvalue weighted by Crippen LogP contribution is -2.18. The molecule has 0 amide bonds. The summed E-state index contributed by atoms with van der Waals surface area (Å²) in [5, 5.41) is 3.30. The van der Waals surface area contributed by atoms with E-state index in [-0.39, 0.29) is 0 Å². The number of rotatable bonds is 5. The van der Waals surface area contributed by atoms with Crippen LogP contribution >= 0.6 is 0 Å².